The average molecular weight is 591 g/mol. The first-order valence-electron chi connectivity index (χ1n) is 19.2. The van der Waals surface area contributed by atoms with E-state index in [1.165, 1.54) is 178 Å². The lowest BCUT2D eigenvalue weighted by Gasteiger charge is -2.14. The minimum atomic E-state index is 1.05. The summed E-state index contributed by atoms with van der Waals surface area (Å²) in [6, 6.07) is 17.5. The van der Waals surface area contributed by atoms with Gasteiger partial charge in [0.1, 0.15) is 11.5 Å². The van der Waals surface area contributed by atoms with Crippen LogP contribution in [0.15, 0.2) is 48.5 Å². The summed E-state index contributed by atoms with van der Waals surface area (Å²) < 4.78 is 6.57. The molecule has 0 saturated heterocycles. The average Bonchev–Trinajstić information content (AvgIpc) is 3.03. The molecule has 0 spiro atoms. The molecule has 2 aromatic rings. The lowest BCUT2D eigenvalue weighted by Crippen LogP contribution is -1.96. The van der Waals surface area contributed by atoms with E-state index in [4.69, 9.17) is 4.74 Å². The summed E-state index contributed by atoms with van der Waals surface area (Å²) in [4.78, 5) is 0. The second kappa shape index (κ2) is 27.8. The fourth-order valence-corrected chi connectivity index (χ4v) is 6.40. The number of aryl methyl sites for hydroxylation is 2. The first kappa shape index (κ1) is 37.4. The minimum Gasteiger partial charge on any atom is -0.457 e. The smallest absolute Gasteiger partial charge is 0.130 e. The van der Waals surface area contributed by atoms with Gasteiger partial charge in [-0.3, -0.25) is 0 Å². The first-order chi connectivity index (χ1) is 21.3. The van der Waals surface area contributed by atoms with Crippen molar-refractivity contribution in [2.45, 2.75) is 194 Å². The van der Waals surface area contributed by atoms with E-state index in [9.17, 15) is 0 Å². The van der Waals surface area contributed by atoms with Crippen molar-refractivity contribution in [1.82, 2.24) is 0 Å². The number of para-hydroxylation sites is 2. The van der Waals surface area contributed by atoms with E-state index in [-0.39, 0.29) is 0 Å². The molecule has 43 heavy (non-hydrogen) atoms. The third kappa shape index (κ3) is 20.0. The fraction of sp³-hybridized carbons (Fsp3) is 0.714. The molecule has 0 radical (unpaired) electrons. The zero-order valence-corrected chi connectivity index (χ0v) is 28.8. The molecule has 0 aliphatic carbocycles. The van der Waals surface area contributed by atoms with E-state index >= 15 is 0 Å². The van der Waals surface area contributed by atoms with Crippen molar-refractivity contribution in [3.8, 4) is 11.5 Å². The third-order valence-electron chi connectivity index (χ3n) is 9.26. The van der Waals surface area contributed by atoms with E-state index in [0.29, 0.717) is 0 Å². The Morgan fingerprint density at radius 1 is 0.326 bits per heavy atom. The lowest BCUT2D eigenvalue weighted by atomic mass is 10.0. The van der Waals surface area contributed by atoms with Crippen molar-refractivity contribution in [1.29, 1.82) is 0 Å². The van der Waals surface area contributed by atoms with Crippen LogP contribution in [0.5, 0.6) is 11.5 Å². The maximum Gasteiger partial charge on any atom is 0.130 e. The predicted octanol–water partition coefficient (Wildman–Crippen LogP) is 14.7. The van der Waals surface area contributed by atoms with Crippen LogP contribution in [-0.2, 0) is 12.8 Å². The van der Waals surface area contributed by atoms with Gasteiger partial charge in [0.25, 0.3) is 0 Å². The highest BCUT2D eigenvalue weighted by Crippen LogP contribution is 2.30. The highest BCUT2D eigenvalue weighted by molar-refractivity contribution is 5.41. The number of hydrogen-bond donors (Lipinski definition) is 0. The Morgan fingerprint density at radius 2 is 0.581 bits per heavy atom. The molecule has 0 atom stereocenters. The second-order valence-corrected chi connectivity index (χ2v) is 13.3. The Hall–Kier alpha value is -1.76. The Bertz CT molecular complexity index is 799. The topological polar surface area (TPSA) is 9.23 Å². The molecule has 0 N–H and O–H groups in total. The van der Waals surface area contributed by atoms with Gasteiger partial charge in [0.15, 0.2) is 0 Å². The quantitative estimate of drug-likeness (QED) is 0.0822. The predicted molar refractivity (Wildman–Crippen MR) is 192 cm³/mol. The first-order valence-corrected chi connectivity index (χ1v) is 19.2. The molecule has 2 aromatic carbocycles. The third-order valence-corrected chi connectivity index (χ3v) is 9.26. The van der Waals surface area contributed by atoms with Crippen molar-refractivity contribution in [2.24, 2.45) is 0 Å². The van der Waals surface area contributed by atoms with Gasteiger partial charge in [-0.2, -0.15) is 0 Å². The maximum absolute atomic E-state index is 6.57. The summed E-state index contributed by atoms with van der Waals surface area (Å²) in [7, 11) is 0. The number of ether oxygens (including phenoxy) is 1. The molecule has 0 bridgehead atoms. The molecule has 244 valence electrons. The summed E-state index contributed by atoms with van der Waals surface area (Å²) in [5.74, 6) is 2.11. The molecule has 1 heteroatoms. The van der Waals surface area contributed by atoms with Crippen molar-refractivity contribution >= 4 is 0 Å². The fourth-order valence-electron chi connectivity index (χ4n) is 6.40. The van der Waals surface area contributed by atoms with Gasteiger partial charge in [-0.25, -0.2) is 0 Å². The van der Waals surface area contributed by atoms with Crippen LogP contribution < -0.4 is 4.74 Å². The normalized spacial score (nSPS) is 11.3. The van der Waals surface area contributed by atoms with Gasteiger partial charge in [-0.1, -0.05) is 204 Å². The van der Waals surface area contributed by atoms with Crippen molar-refractivity contribution in [3.05, 3.63) is 59.7 Å². The van der Waals surface area contributed by atoms with Crippen LogP contribution >= 0.6 is 0 Å². The summed E-state index contributed by atoms with van der Waals surface area (Å²) >= 11 is 0. The van der Waals surface area contributed by atoms with Gasteiger partial charge in [0.05, 0.1) is 0 Å². The van der Waals surface area contributed by atoms with Crippen molar-refractivity contribution in [3.63, 3.8) is 0 Å². The maximum atomic E-state index is 6.57. The summed E-state index contributed by atoms with van der Waals surface area (Å²) in [5, 5.41) is 0. The molecule has 0 saturated carbocycles. The Labute approximate surface area is 269 Å². The molecular formula is C42H70O. The van der Waals surface area contributed by atoms with Gasteiger partial charge in [-0.05, 0) is 48.9 Å². The van der Waals surface area contributed by atoms with E-state index < -0.39 is 0 Å². The van der Waals surface area contributed by atoms with E-state index in [0.717, 1.165) is 24.3 Å². The molecule has 0 amide bonds. The molecule has 1 nitrogen and oxygen atoms in total. The van der Waals surface area contributed by atoms with Gasteiger partial charge in [0, 0.05) is 0 Å². The lowest BCUT2D eigenvalue weighted by molar-refractivity contribution is 0.466. The van der Waals surface area contributed by atoms with Crippen LogP contribution in [0.3, 0.4) is 0 Å². The second-order valence-electron chi connectivity index (χ2n) is 13.3. The molecule has 0 aliphatic rings. The van der Waals surface area contributed by atoms with E-state index in [1.54, 1.807) is 0 Å². The summed E-state index contributed by atoms with van der Waals surface area (Å²) in [5.41, 5.74) is 2.72. The summed E-state index contributed by atoms with van der Waals surface area (Å²) in [6.45, 7) is 4.60. The van der Waals surface area contributed by atoms with Gasteiger partial charge in [-0.15, -0.1) is 0 Å². The minimum absolute atomic E-state index is 1.05. The van der Waals surface area contributed by atoms with Gasteiger partial charge < -0.3 is 4.74 Å². The molecular weight excluding hydrogens is 520 g/mol. The largest absolute Gasteiger partial charge is 0.457 e. The van der Waals surface area contributed by atoms with Crippen LogP contribution in [0, 0.1) is 0 Å². The van der Waals surface area contributed by atoms with Crippen LogP contribution in [-0.4, -0.2) is 0 Å². The van der Waals surface area contributed by atoms with E-state index in [2.05, 4.69) is 62.4 Å². The zero-order chi connectivity index (χ0) is 30.5. The van der Waals surface area contributed by atoms with E-state index in [1.807, 2.05) is 0 Å². The SMILES string of the molecule is CCCCCCCCCCCCCCCc1ccccc1Oc1ccccc1CCCCCCCCCCCCCCC. The standard InChI is InChI=1S/C42H70O/c1-3-5-7-9-11-13-15-17-19-21-23-25-27-33-39-35-29-31-37-41(39)43-42-38-32-30-36-40(42)34-28-26-24-22-20-18-16-14-12-10-8-6-4-2/h29-32,35-38H,3-28,33-34H2,1-2H3. The molecule has 0 aliphatic heterocycles. The van der Waals surface area contributed by atoms with Crippen LogP contribution in [0.2, 0.25) is 0 Å². The summed E-state index contributed by atoms with van der Waals surface area (Å²) in [6.07, 6.45) is 38.7. The number of rotatable bonds is 30. The Balaban J connectivity index is 1.57. The van der Waals surface area contributed by atoms with Crippen molar-refractivity contribution in [2.75, 3.05) is 0 Å². The highest BCUT2D eigenvalue weighted by atomic mass is 16.5. The van der Waals surface area contributed by atoms with Gasteiger partial charge in [0.2, 0.25) is 0 Å². The molecule has 0 fully saturated rings. The molecule has 0 heterocycles. The van der Waals surface area contributed by atoms with Gasteiger partial charge >= 0.3 is 0 Å². The monoisotopic (exact) mass is 591 g/mol. The van der Waals surface area contributed by atoms with Crippen LogP contribution in [0.25, 0.3) is 0 Å². The van der Waals surface area contributed by atoms with Crippen LogP contribution in [0.1, 0.15) is 192 Å². The Kier molecular flexibility index (Phi) is 24.2. The molecule has 0 unspecified atom stereocenters. The number of unbranched alkanes of at least 4 members (excludes halogenated alkanes) is 24. The highest BCUT2D eigenvalue weighted by Gasteiger charge is 2.08. The van der Waals surface area contributed by atoms with Crippen LogP contribution in [0.4, 0.5) is 0 Å². The zero-order valence-electron chi connectivity index (χ0n) is 28.8. The Morgan fingerprint density at radius 3 is 0.884 bits per heavy atom. The number of hydrogen-bond acceptors (Lipinski definition) is 1. The molecule has 0 aromatic heterocycles. The number of benzene rings is 2. The van der Waals surface area contributed by atoms with Crippen molar-refractivity contribution < 1.29 is 4.74 Å². The molecule has 2 rings (SSSR count).